The van der Waals surface area contributed by atoms with Crippen LogP contribution in [0.15, 0.2) is 0 Å². The van der Waals surface area contributed by atoms with Gasteiger partial charge in [0.05, 0.1) is 3.23 Å². The van der Waals surface area contributed by atoms with Gasteiger partial charge in [-0.05, 0) is 19.8 Å². The predicted octanol–water partition coefficient (Wildman–Crippen LogP) is 2.26. The van der Waals surface area contributed by atoms with E-state index in [-0.39, 0.29) is 9.84 Å². The number of hydrogen-bond donors (Lipinski definition) is 1. The zero-order chi connectivity index (χ0) is 6.62. The van der Waals surface area contributed by atoms with Gasteiger partial charge in [0.25, 0.3) is 0 Å². The van der Waals surface area contributed by atoms with Gasteiger partial charge in [-0.15, -0.1) is 0 Å². The van der Waals surface area contributed by atoms with Crippen molar-refractivity contribution in [2.75, 3.05) is 6.61 Å². The first-order valence-electron chi connectivity index (χ1n) is 2.55. The van der Waals surface area contributed by atoms with Gasteiger partial charge in [0, 0.05) is 6.61 Å². The van der Waals surface area contributed by atoms with Crippen molar-refractivity contribution in [2.45, 2.75) is 23.0 Å². The highest BCUT2D eigenvalue weighted by Gasteiger charge is 2.12. The molecule has 1 nitrogen and oxygen atoms in total. The quantitative estimate of drug-likeness (QED) is 0.757. The smallest absolute Gasteiger partial charge is 0.0778 e. The second-order valence-electron chi connectivity index (χ2n) is 1.90. The molecule has 1 N–H and O–H groups in total. The van der Waals surface area contributed by atoms with Gasteiger partial charge >= 0.3 is 0 Å². The van der Waals surface area contributed by atoms with Crippen LogP contribution in [-0.2, 0) is 0 Å². The standard InChI is InChI=1S/C5H10Br2O/c1-5(6,7)3-2-4-8/h8H,2-4H2,1H3. The summed E-state index contributed by atoms with van der Waals surface area (Å²) in [4.78, 5) is 0. The van der Waals surface area contributed by atoms with Crippen molar-refractivity contribution in [3.05, 3.63) is 0 Å². The van der Waals surface area contributed by atoms with Crippen molar-refractivity contribution in [3.8, 4) is 0 Å². The SMILES string of the molecule is CC(Br)(Br)CCCO. The third kappa shape index (κ3) is 6.92. The van der Waals surface area contributed by atoms with Gasteiger partial charge in [0.1, 0.15) is 0 Å². The Kier molecular flexibility index (Phi) is 4.30. The predicted molar refractivity (Wildman–Crippen MR) is 42.6 cm³/mol. The fourth-order valence-electron chi connectivity index (χ4n) is 0.389. The van der Waals surface area contributed by atoms with Gasteiger partial charge < -0.3 is 5.11 Å². The molecule has 0 bridgehead atoms. The normalized spacial score (nSPS) is 12.0. The first-order valence-corrected chi connectivity index (χ1v) is 4.13. The Labute approximate surface area is 66.7 Å². The monoisotopic (exact) mass is 244 g/mol. The summed E-state index contributed by atoms with van der Waals surface area (Å²) in [5, 5.41) is 8.39. The summed E-state index contributed by atoms with van der Waals surface area (Å²) in [6, 6.07) is 0. The Balaban J connectivity index is 3.11. The van der Waals surface area contributed by atoms with E-state index in [9.17, 15) is 0 Å². The number of alkyl halides is 2. The van der Waals surface area contributed by atoms with Crippen molar-refractivity contribution in [1.29, 1.82) is 0 Å². The van der Waals surface area contributed by atoms with E-state index in [2.05, 4.69) is 31.9 Å². The molecule has 0 rings (SSSR count). The van der Waals surface area contributed by atoms with Crippen LogP contribution in [-0.4, -0.2) is 14.9 Å². The maximum absolute atomic E-state index is 8.39. The largest absolute Gasteiger partial charge is 0.396 e. The first-order chi connectivity index (χ1) is 3.56. The molecule has 0 aromatic rings. The maximum atomic E-state index is 8.39. The Hall–Kier alpha value is 0.920. The molecule has 50 valence electrons. The molecule has 0 radical (unpaired) electrons. The third-order valence-corrected chi connectivity index (χ3v) is 1.57. The molecule has 8 heavy (non-hydrogen) atoms. The number of aliphatic hydroxyl groups excluding tert-OH is 1. The molecule has 0 saturated carbocycles. The van der Waals surface area contributed by atoms with Crippen LogP contribution >= 0.6 is 31.9 Å². The van der Waals surface area contributed by atoms with Crippen LogP contribution in [0.5, 0.6) is 0 Å². The van der Waals surface area contributed by atoms with Gasteiger partial charge in [0.2, 0.25) is 0 Å². The molecule has 0 atom stereocenters. The molecule has 0 aliphatic rings. The average molecular weight is 246 g/mol. The highest BCUT2D eigenvalue weighted by atomic mass is 79.9. The second-order valence-corrected chi connectivity index (χ2v) is 6.46. The van der Waals surface area contributed by atoms with Gasteiger partial charge in [-0.2, -0.15) is 0 Å². The van der Waals surface area contributed by atoms with Gasteiger partial charge in [-0.25, -0.2) is 0 Å². The highest BCUT2D eigenvalue weighted by molar-refractivity contribution is 9.25. The summed E-state index contributed by atoms with van der Waals surface area (Å²) in [5.41, 5.74) is 0. The fraction of sp³-hybridized carbons (Fsp3) is 1.00. The van der Waals surface area contributed by atoms with E-state index < -0.39 is 0 Å². The Morgan fingerprint density at radius 2 is 2.00 bits per heavy atom. The first kappa shape index (κ1) is 8.92. The van der Waals surface area contributed by atoms with E-state index in [0.717, 1.165) is 12.8 Å². The molecule has 0 saturated heterocycles. The van der Waals surface area contributed by atoms with E-state index in [1.165, 1.54) is 0 Å². The molecule has 0 fully saturated rings. The van der Waals surface area contributed by atoms with E-state index in [0.29, 0.717) is 0 Å². The minimum absolute atomic E-state index is 0.0166. The van der Waals surface area contributed by atoms with Gasteiger partial charge in [-0.1, -0.05) is 31.9 Å². The summed E-state index contributed by atoms with van der Waals surface area (Å²) in [6.45, 7) is 2.29. The summed E-state index contributed by atoms with van der Waals surface area (Å²) in [5.74, 6) is 0. The summed E-state index contributed by atoms with van der Waals surface area (Å²) in [7, 11) is 0. The van der Waals surface area contributed by atoms with Crippen LogP contribution in [0.3, 0.4) is 0 Å². The molecule has 0 aromatic carbocycles. The Morgan fingerprint density at radius 3 is 2.12 bits per heavy atom. The lowest BCUT2D eigenvalue weighted by Crippen LogP contribution is -2.04. The molecule has 0 heterocycles. The fourth-order valence-corrected chi connectivity index (χ4v) is 0.950. The highest BCUT2D eigenvalue weighted by Crippen LogP contribution is 2.29. The van der Waals surface area contributed by atoms with E-state index in [1.807, 2.05) is 6.92 Å². The lowest BCUT2D eigenvalue weighted by atomic mass is 10.3. The Bertz CT molecular complexity index is 57.9. The van der Waals surface area contributed by atoms with Crippen LogP contribution in [0, 0.1) is 0 Å². The lowest BCUT2D eigenvalue weighted by molar-refractivity contribution is 0.284. The van der Waals surface area contributed by atoms with E-state index in [1.54, 1.807) is 0 Å². The zero-order valence-electron chi connectivity index (χ0n) is 4.82. The molecule has 3 heteroatoms. The average Bonchev–Trinajstić information content (AvgIpc) is 1.59. The lowest BCUT2D eigenvalue weighted by Gasteiger charge is -2.11. The molecular weight excluding hydrogens is 236 g/mol. The van der Waals surface area contributed by atoms with Gasteiger partial charge in [-0.3, -0.25) is 0 Å². The second kappa shape index (κ2) is 3.85. The minimum Gasteiger partial charge on any atom is -0.396 e. The van der Waals surface area contributed by atoms with Crippen LogP contribution in [0.1, 0.15) is 19.8 Å². The number of halogens is 2. The van der Waals surface area contributed by atoms with Crippen LogP contribution in [0.25, 0.3) is 0 Å². The summed E-state index contributed by atoms with van der Waals surface area (Å²) < 4.78 is 0.0166. The van der Waals surface area contributed by atoms with Crippen molar-refractivity contribution in [1.82, 2.24) is 0 Å². The molecule has 0 aromatic heterocycles. The minimum atomic E-state index is 0.0166. The number of aliphatic hydroxyl groups is 1. The van der Waals surface area contributed by atoms with Crippen molar-refractivity contribution < 1.29 is 5.11 Å². The molecule has 0 aliphatic carbocycles. The van der Waals surface area contributed by atoms with Crippen molar-refractivity contribution >= 4 is 31.9 Å². The molecule has 0 amide bonds. The van der Waals surface area contributed by atoms with Crippen molar-refractivity contribution in [2.24, 2.45) is 0 Å². The van der Waals surface area contributed by atoms with Crippen LogP contribution in [0.2, 0.25) is 0 Å². The number of rotatable bonds is 3. The molecule has 0 spiro atoms. The van der Waals surface area contributed by atoms with E-state index >= 15 is 0 Å². The molecular formula is C5H10Br2O. The zero-order valence-corrected chi connectivity index (χ0v) is 8.00. The molecule has 0 unspecified atom stereocenters. The maximum Gasteiger partial charge on any atom is 0.0778 e. The van der Waals surface area contributed by atoms with Crippen LogP contribution < -0.4 is 0 Å². The van der Waals surface area contributed by atoms with Crippen LogP contribution in [0.4, 0.5) is 0 Å². The van der Waals surface area contributed by atoms with Crippen molar-refractivity contribution in [3.63, 3.8) is 0 Å². The Morgan fingerprint density at radius 1 is 1.50 bits per heavy atom. The topological polar surface area (TPSA) is 20.2 Å². The molecule has 0 aliphatic heterocycles. The third-order valence-electron chi connectivity index (χ3n) is 0.774. The summed E-state index contributed by atoms with van der Waals surface area (Å²) >= 11 is 6.77. The summed E-state index contributed by atoms with van der Waals surface area (Å²) in [6.07, 6.45) is 1.79. The van der Waals surface area contributed by atoms with Gasteiger partial charge in [0.15, 0.2) is 0 Å². The van der Waals surface area contributed by atoms with E-state index in [4.69, 9.17) is 5.11 Å². The number of hydrogen-bond acceptors (Lipinski definition) is 1.